The van der Waals surface area contributed by atoms with Gasteiger partial charge in [0.25, 0.3) is 0 Å². The van der Waals surface area contributed by atoms with Gasteiger partial charge in [0.2, 0.25) is 5.91 Å². The lowest BCUT2D eigenvalue weighted by Gasteiger charge is -2.12. The third-order valence-electron chi connectivity index (χ3n) is 2.64. The Morgan fingerprint density at radius 3 is 2.38 bits per heavy atom. The topological polar surface area (TPSA) is 52.3 Å². The summed E-state index contributed by atoms with van der Waals surface area (Å²) in [6.45, 7) is 0. The highest BCUT2D eigenvalue weighted by Gasteiger charge is 2.31. The van der Waals surface area contributed by atoms with Crippen molar-refractivity contribution in [3.63, 3.8) is 0 Å². The molecule has 0 atom stereocenters. The van der Waals surface area contributed by atoms with E-state index in [0.29, 0.717) is 0 Å². The van der Waals surface area contributed by atoms with Crippen molar-refractivity contribution in [1.82, 2.24) is 0 Å². The number of carbonyl (C=O) groups excluding carboxylic acids is 1. The first kappa shape index (κ1) is 14.8. The average molecular weight is 299 g/mol. The van der Waals surface area contributed by atoms with Gasteiger partial charge in [-0.1, -0.05) is 18.2 Å². The highest BCUT2D eigenvalue weighted by atomic mass is 19.4. The minimum atomic E-state index is -4.86. The van der Waals surface area contributed by atoms with E-state index in [0.717, 1.165) is 18.2 Å². The number of carbonyl (C=O) groups is 1. The van der Waals surface area contributed by atoms with Crippen molar-refractivity contribution in [1.29, 1.82) is 0 Å². The van der Waals surface area contributed by atoms with Gasteiger partial charge in [-0.05, 0) is 29.8 Å². The van der Waals surface area contributed by atoms with Gasteiger partial charge in [-0.15, -0.1) is 13.2 Å². The quantitative estimate of drug-likeness (QED) is 0.882. The summed E-state index contributed by atoms with van der Waals surface area (Å²) in [5.41, 5.74) is 4.91. The van der Waals surface area contributed by atoms with Crippen LogP contribution in [0, 0.1) is 5.82 Å². The number of benzene rings is 2. The van der Waals surface area contributed by atoms with Crippen LogP contribution < -0.4 is 10.5 Å². The molecule has 2 aromatic rings. The monoisotopic (exact) mass is 299 g/mol. The average Bonchev–Trinajstić information content (AvgIpc) is 2.36. The second kappa shape index (κ2) is 5.43. The molecule has 0 saturated carbocycles. The van der Waals surface area contributed by atoms with Crippen LogP contribution in [0.4, 0.5) is 17.6 Å². The Hall–Kier alpha value is -2.57. The molecule has 0 spiro atoms. The fraction of sp³-hybridized carbons (Fsp3) is 0.0714. The molecule has 2 N–H and O–H groups in total. The van der Waals surface area contributed by atoms with Crippen LogP contribution in [0.3, 0.4) is 0 Å². The predicted molar refractivity (Wildman–Crippen MR) is 67.0 cm³/mol. The zero-order valence-corrected chi connectivity index (χ0v) is 10.4. The van der Waals surface area contributed by atoms with E-state index < -0.39 is 23.8 Å². The van der Waals surface area contributed by atoms with Crippen molar-refractivity contribution < 1.29 is 27.1 Å². The molecule has 0 aliphatic heterocycles. The Bertz CT molecular complexity index is 683. The Labute approximate surface area is 116 Å². The summed E-state index contributed by atoms with van der Waals surface area (Å²) in [6.07, 6.45) is -4.86. The van der Waals surface area contributed by atoms with Crippen molar-refractivity contribution >= 4 is 5.91 Å². The van der Waals surface area contributed by atoms with Crippen LogP contribution in [0.15, 0.2) is 42.5 Å². The summed E-state index contributed by atoms with van der Waals surface area (Å²) in [7, 11) is 0. The third kappa shape index (κ3) is 3.50. The second-order valence-corrected chi connectivity index (χ2v) is 4.10. The normalized spacial score (nSPS) is 11.2. The number of amides is 1. The number of alkyl halides is 3. The largest absolute Gasteiger partial charge is 0.573 e. The Morgan fingerprint density at radius 1 is 1.10 bits per heavy atom. The minimum absolute atomic E-state index is 0.0589. The number of rotatable bonds is 3. The van der Waals surface area contributed by atoms with Crippen LogP contribution in [0.1, 0.15) is 10.4 Å². The van der Waals surface area contributed by atoms with Crippen LogP contribution in [-0.4, -0.2) is 12.3 Å². The van der Waals surface area contributed by atoms with Gasteiger partial charge in [0, 0.05) is 11.1 Å². The Morgan fingerprint density at radius 2 is 1.76 bits per heavy atom. The maximum atomic E-state index is 13.9. The summed E-state index contributed by atoms with van der Waals surface area (Å²) in [5, 5.41) is 0. The maximum absolute atomic E-state index is 13.9. The minimum Gasteiger partial charge on any atom is -0.406 e. The second-order valence-electron chi connectivity index (χ2n) is 4.10. The van der Waals surface area contributed by atoms with Gasteiger partial charge in [-0.2, -0.15) is 0 Å². The van der Waals surface area contributed by atoms with Gasteiger partial charge >= 0.3 is 6.36 Å². The molecule has 7 heteroatoms. The first-order chi connectivity index (χ1) is 9.78. The van der Waals surface area contributed by atoms with E-state index in [4.69, 9.17) is 5.73 Å². The molecule has 21 heavy (non-hydrogen) atoms. The molecule has 0 bridgehead atoms. The Balaban J connectivity index is 2.53. The summed E-state index contributed by atoms with van der Waals surface area (Å²) in [6, 6.07) is 8.33. The van der Waals surface area contributed by atoms with E-state index in [1.54, 1.807) is 0 Å². The number of hydrogen-bond donors (Lipinski definition) is 1. The zero-order valence-electron chi connectivity index (χ0n) is 10.4. The first-order valence-electron chi connectivity index (χ1n) is 5.72. The van der Waals surface area contributed by atoms with E-state index in [1.807, 2.05) is 0 Å². The number of ether oxygens (including phenoxy) is 1. The molecular weight excluding hydrogens is 290 g/mol. The predicted octanol–water partition coefficient (Wildman–Crippen LogP) is 3.49. The lowest BCUT2D eigenvalue weighted by molar-refractivity contribution is -0.274. The number of primary amides is 1. The lowest BCUT2D eigenvalue weighted by Crippen LogP contribution is -2.17. The van der Waals surface area contributed by atoms with Crippen LogP contribution in [0.2, 0.25) is 0 Å². The molecule has 110 valence electrons. The summed E-state index contributed by atoms with van der Waals surface area (Å²) in [4.78, 5) is 11.3. The van der Waals surface area contributed by atoms with E-state index in [9.17, 15) is 22.4 Å². The molecule has 0 aliphatic carbocycles. The molecule has 0 radical (unpaired) electrons. The maximum Gasteiger partial charge on any atom is 0.573 e. The molecule has 0 unspecified atom stereocenters. The molecule has 2 rings (SSSR count). The zero-order chi connectivity index (χ0) is 15.6. The third-order valence-corrected chi connectivity index (χ3v) is 2.64. The van der Waals surface area contributed by atoms with E-state index >= 15 is 0 Å². The van der Waals surface area contributed by atoms with E-state index in [2.05, 4.69) is 4.74 Å². The van der Waals surface area contributed by atoms with Crippen LogP contribution in [-0.2, 0) is 0 Å². The Kier molecular flexibility index (Phi) is 3.84. The van der Waals surface area contributed by atoms with Gasteiger partial charge in [0.15, 0.2) is 0 Å². The molecule has 0 fully saturated rings. The fourth-order valence-electron chi connectivity index (χ4n) is 1.87. The van der Waals surface area contributed by atoms with Crippen molar-refractivity contribution in [2.45, 2.75) is 6.36 Å². The molecule has 0 saturated heterocycles. The first-order valence-corrected chi connectivity index (χ1v) is 5.72. The highest BCUT2D eigenvalue weighted by molar-refractivity contribution is 6.00. The summed E-state index contributed by atoms with van der Waals surface area (Å²) < 4.78 is 54.2. The van der Waals surface area contributed by atoms with Gasteiger partial charge in [0.1, 0.15) is 11.6 Å². The van der Waals surface area contributed by atoms with Gasteiger partial charge < -0.3 is 10.5 Å². The van der Waals surface area contributed by atoms with Crippen molar-refractivity contribution in [3.05, 3.63) is 53.8 Å². The van der Waals surface area contributed by atoms with Gasteiger partial charge in [0.05, 0.1) is 0 Å². The lowest BCUT2D eigenvalue weighted by atomic mass is 9.98. The van der Waals surface area contributed by atoms with E-state index in [-0.39, 0.29) is 16.7 Å². The van der Waals surface area contributed by atoms with Crippen molar-refractivity contribution in [2.24, 2.45) is 5.73 Å². The molecule has 2 aromatic carbocycles. The number of nitrogens with two attached hydrogens (primary N) is 1. The molecule has 0 aromatic heterocycles. The smallest absolute Gasteiger partial charge is 0.406 e. The highest BCUT2D eigenvalue weighted by Crippen LogP contribution is 2.31. The van der Waals surface area contributed by atoms with Crippen LogP contribution in [0.5, 0.6) is 5.75 Å². The van der Waals surface area contributed by atoms with Crippen molar-refractivity contribution in [3.8, 4) is 16.9 Å². The van der Waals surface area contributed by atoms with Gasteiger partial charge in [-0.3, -0.25) is 4.79 Å². The fourth-order valence-corrected chi connectivity index (χ4v) is 1.87. The standard InChI is InChI=1S/C14H9F4NO2/c15-11-6-2-5-10(13(19)20)12(11)8-3-1-4-9(7-8)21-14(16,17)18/h1-7H,(H2,19,20). The van der Waals surface area contributed by atoms with Crippen LogP contribution >= 0.6 is 0 Å². The van der Waals surface area contributed by atoms with Gasteiger partial charge in [-0.25, -0.2) is 4.39 Å². The van der Waals surface area contributed by atoms with Crippen molar-refractivity contribution in [2.75, 3.05) is 0 Å². The molecule has 3 nitrogen and oxygen atoms in total. The van der Waals surface area contributed by atoms with Crippen LogP contribution in [0.25, 0.3) is 11.1 Å². The molecule has 1 amide bonds. The molecule has 0 heterocycles. The number of hydrogen-bond acceptors (Lipinski definition) is 2. The SMILES string of the molecule is NC(=O)c1cccc(F)c1-c1cccc(OC(F)(F)F)c1. The van der Waals surface area contributed by atoms with E-state index in [1.165, 1.54) is 24.3 Å². The summed E-state index contributed by atoms with van der Waals surface area (Å²) >= 11 is 0. The molecular formula is C14H9F4NO2. The summed E-state index contributed by atoms with van der Waals surface area (Å²) in [5.74, 6) is -2.17. The number of halogens is 4. The molecule has 0 aliphatic rings.